The van der Waals surface area contributed by atoms with Crippen LogP contribution in [0.2, 0.25) is 10.0 Å². The Balaban J connectivity index is 2.37. The number of halogens is 2. The second-order valence-corrected chi connectivity index (χ2v) is 5.35. The minimum Gasteiger partial charge on any atom is -0.476 e. The Labute approximate surface area is 142 Å². The zero-order valence-electron chi connectivity index (χ0n) is 11.7. The summed E-state index contributed by atoms with van der Waals surface area (Å²) in [6, 6.07) is 12.0. The average molecular weight is 354 g/mol. The molecular weight excluding hydrogens is 341 g/mol. The van der Waals surface area contributed by atoms with E-state index >= 15 is 0 Å². The Hall–Kier alpha value is -2.41. The summed E-state index contributed by atoms with van der Waals surface area (Å²) < 4.78 is 5.38. The van der Waals surface area contributed by atoms with Gasteiger partial charge in [-0.1, -0.05) is 35.3 Å². The number of rotatable bonds is 5. The summed E-state index contributed by atoms with van der Waals surface area (Å²) in [7, 11) is 0. The molecule has 0 fully saturated rings. The molecular formula is C15H13Cl2N3O3. The number of nitrogens with two attached hydrogens (primary N) is 2. The number of nitrogens with one attached hydrogen (secondary N) is 1. The maximum atomic E-state index is 10.9. The van der Waals surface area contributed by atoms with Crippen LogP contribution in [-0.2, 0) is 4.79 Å². The smallest absolute Gasteiger partial charge is 0.357 e. The van der Waals surface area contributed by atoms with Crippen LogP contribution in [0.5, 0.6) is 5.75 Å². The van der Waals surface area contributed by atoms with E-state index in [0.717, 1.165) is 11.1 Å². The normalized spacial score (nSPS) is 11.6. The second-order valence-electron chi connectivity index (χ2n) is 4.48. The first-order valence-electron chi connectivity index (χ1n) is 6.34. The quantitative estimate of drug-likeness (QED) is 0.284. The van der Waals surface area contributed by atoms with Gasteiger partial charge in [-0.15, -0.1) is 0 Å². The number of benzene rings is 2. The molecule has 120 valence electrons. The van der Waals surface area contributed by atoms with Gasteiger partial charge in [0.1, 0.15) is 5.75 Å². The molecule has 0 aliphatic heterocycles. The third kappa shape index (κ3) is 4.29. The molecule has 0 unspecified atom stereocenters. The minimum absolute atomic E-state index is 0.265. The summed E-state index contributed by atoms with van der Waals surface area (Å²) in [5.74, 6) is 3.96. The molecule has 23 heavy (non-hydrogen) atoms. The highest BCUT2D eigenvalue weighted by Crippen LogP contribution is 2.29. The fraction of sp³-hybridized carbons (Fsp3) is 0. The summed E-state index contributed by atoms with van der Waals surface area (Å²) in [5.41, 5.74) is 8.52. The second kappa shape index (κ2) is 7.23. The lowest BCUT2D eigenvalue weighted by molar-refractivity contribution is -0.132. The molecule has 2 aromatic rings. The summed E-state index contributed by atoms with van der Waals surface area (Å²) >= 11 is 12.0. The van der Waals surface area contributed by atoms with Gasteiger partial charge in [-0.3, -0.25) is 5.43 Å². The molecule has 2 aromatic carbocycles. The fourth-order valence-electron chi connectivity index (χ4n) is 1.84. The molecule has 0 amide bonds. The number of ether oxygens (including phenoxy) is 1. The topological polar surface area (TPSA) is 111 Å². The highest BCUT2D eigenvalue weighted by molar-refractivity contribution is 6.35. The Bertz CT molecular complexity index is 758. The highest BCUT2D eigenvalue weighted by Gasteiger charge is 2.12. The van der Waals surface area contributed by atoms with Gasteiger partial charge >= 0.3 is 5.97 Å². The summed E-state index contributed by atoms with van der Waals surface area (Å²) in [4.78, 5) is 10.9. The Kier molecular flexibility index (Phi) is 5.33. The lowest BCUT2D eigenvalue weighted by Crippen LogP contribution is -2.31. The first-order chi connectivity index (χ1) is 10.9. The Morgan fingerprint density at radius 2 is 1.74 bits per heavy atom. The third-order valence-electron chi connectivity index (χ3n) is 2.86. The number of carboxylic acid groups (broad SMARTS) is 1. The van der Waals surface area contributed by atoms with Crippen LogP contribution in [0, 0.1) is 0 Å². The van der Waals surface area contributed by atoms with Crippen molar-refractivity contribution in [2.45, 2.75) is 0 Å². The molecule has 0 radical (unpaired) electrons. The van der Waals surface area contributed by atoms with Crippen molar-refractivity contribution in [1.82, 2.24) is 5.43 Å². The standard InChI is InChI=1S/C15H13Cl2N3O3/c16-10-4-9(5-11(17)7-10)8-2-1-3-12(6-8)23-14(20-19)13(18)15(21)22/h1-7,20H,18-19H2,(H,21,22)/b14-13+. The van der Waals surface area contributed by atoms with E-state index in [4.69, 9.17) is 44.6 Å². The van der Waals surface area contributed by atoms with E-state index in [9.17, 15) is 4.79 Å². The molecule has 6 nitrogen and oxygen atoms in total. The van der Waals surface area contributed by atoms with E-state index in [0.29, 0.717) is 15.8 Å². The van der Waals surface area contributed by atoms with Crippen LogP contribution in [0.25, 0.3) is 11.1 Å². The highest BCUT2D eigenvalue weighted by atomic mass is 35.5. The van der Waals surface area contributed by atoms with Gasteiger partial charge in [0.05, 0.1) is 0 Å². The number of hydrogen-bond donors (Lipinski definition) is 4. The molecule has 0 heterocycles. The summed E-state index contributed by atoms with van der Waals surface area (Å²) in [6.07, 6.45) is 0. The van der Waals surface area contributed by atoms with Gasteiger partial charge in [0, 0.05) is 10.0 Å². The Morgan fingerprint density at radius 1 is 1.09 bits per heavy atom. The van der Waals surface area contributed by atoms with Gasteiger partial charge in [-0.2, -0.15) is 0 Å². The number of hydrazine groups is 1. The van der Waals surface area contributed by atoms with Gasteiger partial charge in [-0.05, 0) is 41.5 Å². The molecule has 6 N–H and O–H groups in total. The monoisotopic (exact) mass is 353 g/mol. The SMILES string of the molecule is NN/C(Oc1cccc(-c2cc(Cl)cc(Cl)c2)c1)=C(\N)C(=O)O. The predicted octanol–water partition coefficient (Wildman–Crippen LogP) is 2.71. The lowest BCUT2D eigenvalue weighted by Gasteiger charge is -2.12. The van der Waals surface area contributed by atoms with Crippen molar-refractivity contribution in [2.24, 2.45) is 11.6 Å². The molecule has 2 rings (SSSR count). The summed E-state index contributed by atoms with van der Waals surface area (Å²) in [5, 5.41) is 9.86. The molecule has 0 aliphatic carbocycles. The molecule has 0 saturated carbocycles. The van der Waals surface area contributed by atoms with Crippen molar-refractivity contribution in [3.63, 3.8) is 0 Å². The Morgan fingerprint density at radius 3 is 2.30 bits per heavy atom. The molecule has 0 atom stereocenters. The fourth-order valence-corrected chi connectivity index (χ4v) is 2.36. The van der Waals surface area contributed by atoms with Gasteiger partial charge < -0.3 is 15.6 Å². The van der Waals surface area contributed by atoms with Gasteiger partial charge in [0.2, 0.25) is 5.88 Å². The molecule has 8 heteroatoms. The van der Waals surface area contributed by atoms with Crippen molar-refractivity contribution in [3.05, 3.63) is 64.1 Å². The largest absolute Gasteiger partial charge is 0.476 e. The molecule has 0 bridgehead atoms. The third-order valence-corrected chi connectivity index (χ3v) is 3.29. The lowest BCUT2D eigenvalue weighted by atomic mass is 10.1. The maximum absolute atomic E-state index is 10.9. The van der Waals surface area contributed by atoms with Crippen LogP contribution in [0.15, 0.2) is 54.0 Å². The number of aliphatic carboxylic acids is 1. The van der Waals surface area contributed by atoms with Crippen LogP contribution in [0.3, 0.4) is 0 Å². The van der Waals surface area contributed by atoms with E-state index in [-0.39, 0.29) is 5.88 Å². The van der Waals surface area contributed by atoms with Crippen molar-refractivity contribution < 1.29 is 14.6 Å². The van der Waals surface area contributed by atoms with E-state index in [2.05, 4.69) is 5.43 Å². The van der Waals surface area contributed by atoms with Crippen LogP contribution in [-0.4, -0.2) is 11.1 Å². The minimum atomic E-state index is -1.35. The summed E-state index contributed by atoms with van der Waals surface area (Å²) in [6.45, 7) is 0. The van der Waals surface area contributed by atoms with Crippen molar-refractivity contribution in [2.75, 3.05) is 0 Å². The van der Waals surface area contributed by atoms with Crippen LogP contribution >= 0.6 is 23.2 Å². The number of carboxylic acids is 1. The average Bonchev–Trinajstić information content (AvgIpc) is 2.51. The first-order valence-corrected chi connectivity index (χ1v) is 7.10. The van der Waals surface area contributed by atoms with Crippen LogP contribution in [0.1, 0.15) is 0 Å². The van der Waals surface area contributed by atoms with Crippen molar-refractivity contribution >= 4 is 29.2 Å². The number of carbonyl (C=O) groups is 1. The van der Waals surface area contributed by atoms with Gasteiger partial charge in [0.25, 0.3) is 0 Å². The van der Waals surface area contributed by atoms with E-state index in [1.165, 1.54) is 0 Å². The van der Waals surface area contributed by atoms with Crippen LogP contribution in [0.4, 0.5) is 0 Å². The zero-order chi connectivity index (χ0) is 17.0. The van der Waals surface area contributed by atoms with E-state index in [1.807, 2.05) is 6.07 Å². The van der Waals surface area contributed by atoms with Crippen LogP contribution < -0.4 is 21.7 Å². The maximum Gasteiger partial charge on any atom is 0.357 e. The zero-order valence-corrected chi connectivity index (χ0v) is 13.2. The molecule has 0 aromatic heterocycles. The molecule has 0 spiro atoms. The predicted molar refractivity (Wildman–Crippen MR) is 88.7 cm³/mol. The van der Waals surface area contributed by atoms with Gasteiger partial charge in [0.15, 0.2) is 5.70 Å². The first kappa shape index (κ1) is 17.0. The van der Waals surface area contributed by atoms with E-state index < -0.39 is 11.7 Å². The van der Waals surface area contributed by atoms with Crippen molar-refractivity contribution in [1.29, 1.82) is 0 Å². The van der Waals surface area contributed by atoms with Gasteiger partial charge in [-0.25, -0.2) is 10.6 Å². The number of hydrogen-bond acceptors (Lipinski definition) is 5. The molecule has 0 aliphatic rings. The molecule has 0 saturated heterocycles. The van der Waals surface area contributed by atoms with Crippen molar-refractivity contribution in [3.8, 4) is 16.9 Å². The van der Waals surface area contributed by atoms with E-state index in [1.54, 1.807) is 36.4 Å².